The van der Waals surface area contributed by atoms with Crippen molar-refractivity contribution in [3.63, 3.8) is 0 Å². The van der Waals surface area contributed by atoms with Crippen LogP contribution in [-0.2, 0) is 6.54 Å². The summed E-state index contributed by atoms with van der Waals surface area (Å²) in [5.74, 6) is -0.240. The van der Waals surface area contributed by atoms with Gasteiger partial charge >= 0.3 is 0 Å². The van der Waals surface area contributed by atoms with Crippen LogP contribution in [0.1, 0.15) is 5.56 Å². The summed E-state index contributed by atoms with van der Waals surface area (Å²) in [6.45, 7) is 0.470. The number of benzene rings is 2. The number of phenols is 1. The SMILES string of the molecule is Oc1ccc(CNc2cccc(Cl)c2F)cc1. The van der Waals surface area contributed by atoms with Crippen molar-refractivity contribution in [2.75, 3.05) is 5.32 Å². The molecule has 0 bridgehead atoms. The summed E-state index contributed by atoms with van der Waals surface area (Å²) >= 11 is 5.67. The molecule has 0 spiro atoms. The van der Waals surface area contributed by atoms with E-state index in [1.807, 2.05) is 0 Å². The van der Waals surface area contributed by atoms with Gasteiger partial charge in [0.05, 0.1) is 10.7 Å². The van der Waals surface area contributed by atoms with Crippen LogP contribution in [0.25, 0.3) is 0 Å². The zero-order valence-electron chi connectivity index (χ0n) is 8.95. The van der Waals surface area contributed by atoms with Gasteiger partial charge in [0.25, 0.3) is 0 Å². The Bertz CT molecular complexity index is 513. The highest BCUT2D eigenvalue weighted by atomic mass is 35.5. The molecule has 0 saturated carbocycles. The molecule has 0 aromatic heterocycles. The molecule has 0 saturated heterocycles. The zero-order valence-corrected chi connectivity index (χ0v) is 9.71. The molecule has 0 aliphatic heterocycles. The number of nitrogens with one attached hydrogen (secondary N) is 1. The van der Waals surface area contributed by atoms with Crippen LogP contribution in [0.2, 0.25) is 5.02 Å². The van der Waals surface area contributed by atoms with E-state index < -0.39 is 5.82 Å². The van der Waals surface area contributed by atoms with Crippen molar-refractivity contribution in [2.45, 2.75) is 6.54 Å². The topological polar surface area (TPSA) is 32.3 Å². The standard InChI is InChI=1S/C13H11ClFNO/c14-11-2-1-3-12(13(11)15)16-8-9-4-6-10(17)7-5-9/h1-7,16-17H,8H2. The van der Waals surface area contributed by atoms with Gasteiger partial charge in [0.1, 0.15) is 5.75 Å². The Balaban J connectivity index is 2.07. The van der Waals surface area contributed by atoms with Crippen LogP contribution >= 0.6 is 11.6 Å². The third kappa shape index (κ3) is 2.88. The predicted molar refractivity (Wildman–Crippen MR) is 66.8 cm³/mol. The Kier molecular flexibility index (Phi) is 3.49. The minimum absolute atomic E-state index is 0.0979. The smallest absolute Gasteiger partial charge is 0.164 e. The van der Waals surface area contributed by atoms with E-state index in [1.165, 1.54) is 6.07 Å². The number of hydrogen-bond donors (Lipinski definition) is 2. The lowest BCUT2D eigenvalue weighted by molar-refractivity contribution is 0.475. The maximum absolute atomic E-state index is 13.5. The largest absolute Gasteiger partial charge is 0.508 e. The van der Waals surface area contributed by atoms with Gasteiger partial charge in [-0.05, 0) is 29.8 Å². The van der Waals surface area contributed by atoms with Crippen LogP contribution in [0, 0.1) is 5.82 Å². The van der Waals surface area contributed by atoms with E-state index in [4.69, 9.17) is 16.7 Å². The molecule has 0 aliphatic rings. The molecule has 2 aromatic carbocycles. The van der Waals surface area contributed by atoms with Gasteiger partial charge in [0.15, 0.2) is 5.82 Å². The van der Waals surface area contributed by atoms with Crippen LogP contribution in [0.3, 0.4) is 0 Å². The molecule has 0 unspecified atom stereocenters. The Labute approximate surface area is 104 Å². The van der Waals surface area contributed by atoms with E-state index >= 15 is 0 Å². The normalized spacial score (nSPS) is 10.2. The number of aromatic hydroxyl groups is 1. The van der Waals surface area contributed by atoms with Gasteiger partial charge in [-0.2, -0.15) is 0 Å². The van der Waals surface area contributed by atoms with Crippen molar-refractivity contribution < 1.29 is 9.50 Å². The fourth-order valence-corrected chi connectivity index (χ4v) is 1.63. The average Bonchev–Trinajstić information content (AvgIpc) is 2.33. The van der Waals surface area contributed by atoms with Gasteiger partial charge in [-0.15, -0.1) is 0 Å². The summed E-state index contributed by atoms with van der Waals surface area (Å²) in [7, 11) is 0. The number of anilines is 1. The van der Waals surface area contributed by atoms with E-state index in [-0.39, 0.29) is 10.8 Å². The van der Waals surface area contributed by atoms with Crippen LogP contribution in [0.15, 0.2) is 42.5 Å². The van der Waals surface area contributed by atoms with Crippen LogP contribution in [0.5, 0.6) is 5.75 Å². The summed E-state index contributed by atoms with van der Waals surface area (Å²) in [5.41, 5.74) is 1.31. The Morgan fingerprint density at radius 2 is 1.82 bits per heavy atom. The van der Waals surface area contributed by atoms with Crippen molar-refractivity contribution in [2.24, 2.45) is 0 Å². The van der Waals surface area contributed by atoms with Gasteiger partial charge < -0.3 is 10.4 Å². The van der Waals surface area contributed by atoms with Gasteiger partial charge in [-0.25, -0.2) is 4.39 Å². The summed E-state index contributed by atoms with van der Waals surface area (Å²) in [6.07, 6.45) is 0. The van der Waals surface area contributed by atoms with E-state index in [2.05, 4.69) is 5.32 Å². The highest BCUT2D eigenvalue weighted by Crippen LogP contribution is 2.22. The molecule has 0 atom stereocenters. The van der Waals surface area contributed by atoms with Crippen LogP contribution < -0.4 is 5.32 Å². The van der Waals surface area contributed by atoms with Crippen LogP contribution in [-0.4, -0.2) is 5.11 Å². The first-order valence-corrected chi connectivity index (χ1v) is 5.50. The number of phenolic OH excluding ortho intramolecular Hbond substituents is 1. The molecule has 17 heavy (non-hydrogen) atoms. The van der Waals surface area contributed by atoms with Crippen molar-refractivity contribution >= 4 is 17.3 Å². The van der Waals surface area contributed by atoms with E-state index in [9.17, 15) is 4.39 Å². The first-order valence-electron chi connectivity index (χ1n) is 5.12. The van der Waals surface area contributed by atoms with Crippen molar-refractivity contribution in [3.05, 3.63) is 58.9 Å². The maximum Gasteiger partial charge on any atom is 0.164 e. The first kappa shape index (κ1) is 11.7. The lowest BCUT2D eigenvalue weighted by Gasteiger charge is -2.08. The monoisotopic (exact) mass is 251 g/mol. The number of rotatable bonds is 3. The fraction of sp³-hybridized carbons (Fsp3) is 0.0769. The Hall–Kier alpha value is -1.74. The van der Waals surface area contributed by atoms with Crippen molar-refractivity contribution in [3.8, 4) is 5.75 Å². The molecule has 0 radical (unpaired) electrons. The number of halogens is 2. The molecule has 2 nitrogen and oxygen atoms in total. The summed E-state index contributed by atoms with van der Waals surface area (Å²) in [4.78, 5) is 0. The van der Waals surface area contributed by atoms with Gasteiger partial charge in [-0.1, -0.05) is 29.8 Å². The first-order chi connectivity index (χ1) is 8.16. The summed E-state index contributed by atoms with van der Waals surface area (Å²) in [6, 6.07) is 11.5. The van der Waals surface area contributed by atoms with E-state index in [0.717, 1.165) is 5.56 Å². The van der Waals surface area contributed by atoms with Crippen molar-refractivity contribution in [1.82, 2.24) is 0 Å². The quantitative estimate of drug-likeness (QED) is 0.870. The molecular formula is C13H11ClFNO. The molecular weight excluding hydrogens is 241 g/mol. The fourth-order valence-electron chi connectivity index (χ4n) is 1.45. The van der Waals surface area contributed by atoms with E-state index in [1.54, 1.807) is 36.4 Å². The zero-order chi connectivity index (χ0) is 12.3. The Morgan fingerprint density at radius 1 is 1.12 bits per heavy atom. The third-order valence-electron chi connectivity index (χ3n) is 2.37. The second-order valence-electron chi connectivity index (χ2n) is 3.62. The summed E-state index contributed by atoms with van der Waals surface area (Å²) in [5, 5.41) is 12.2. The molecule has 0 amide bonds. The molecule has 2 N–H and O–H groups in total. The van der Waals surface area contributed by atoms with Gasteiger partial charge in [0, 0.05) is 6.54 Å². The molecule has 0 heterocycles. The Morgan fingerprint density at radius 3 is 2.53 bits per heavy atom. The molecule has 2 rings (SSSR count). The second-order valence-corrected chi connectivity index (χ2v) is 4.03. The number of hydrogen-bond acceptors (Lipinski definition) is 2. The minimum Gasteiger partial charge on any atom is -0.508 e. The van der Waals surface area contributed by atoms with Crippen molar-refractivity contribution in [1.29, 1.82) is 0 Å². The molecule has 0 aliphatic carbocycles. The average molecular weight is 252 g/mol. The highest BCUT2D eigenvalue weighted by molar-refractivity contribution is 6.31. The molecule has 4 heteroatoms. The second kappa shape index (κ2) is 5.06. The lowest BCUT2D eigenvalue weighted by Crippen LogP contribution is -2.01. The van der Waals surface area contributed by atoms with Crippen LogP contribution in [0.4, 0.5) is 10.1 Å². The summed E-state index contributed by atoms with van der Waals surface area (Å²) < 4.78 is 13.5. The lowest BCUT2D eigenvalue weighted by atomic mass is 10.2. The minimum atomic E-state index is -0.451. The third-order valence-corrected chi connectivity index (χ3v) is 2.66. The maximum atomic E-state index is 13.5. The molecule has 88 valence electrons. The predicted octanol–water partition coefficient (Wildman–Crippen LogP) is 3.80. The molecule has 0 fully saturated rings. The van der Waals surface area contributed by atoms with Gasteiger partial charge in [0.2, 0.25) is 0 Å². The van der Waals surface area contributed by atoms with Gasteiger partial charge in [-0.3, -0.25) is 0 Å². The molecule has 2 aromatic rings. The highest BCUT2D eigenvalue weighted by Gasteiger charge is 2.05. The van der Waals surface area contributed by atoms with E-state index in [0.29, 0.717) is 12.2 Å².